The molecule has 1 aliphatic heterocycles. The van der Waals surface area contributed by atoms with Gasteiger partial charge in [-0.25, -0.2) is 8.42 Å². The highest BCUT2D eigenvalue weighted by Gasteiger charge is 2.29. The molecule has 2 aromatic rings. The van der Waals surface area contributed by atoms with Crippen LogP contribution in [0.4, 0.5) is 0 Å². The third kappa shape index (κ3) is 4.55. The Morgan fingerprint density at radius 3 is 2.30 bits per heavy atom. The molecule has 0 atom stereocenters. The molecule has 0 amide bonds. The smallest absolute Gasteiger partial charge is 0.243 e. The van der Waals surface area contributed by atoms with Crippen molar-refractivity contribution in [1.29, 1.82) is 0 Å². The van der Waals surface area contributed by atoms with Crippen molar-refractivity contribution in [2.45, 2.75) is 11.8 Å². The lowest BCUT2D eigenvalue weighted by molar-refractivity contribution is 0.0901. The number of Topliss-reactive ketones (excluding diaryl/α,β-unsaturated/α-hetero) is 1. The Labute approximate surface area is 160 Å². The summed E-state index contributed by atoms with van der Waals surface area (Å²) >= 11 is 0. The largest absolute Gasteiger partial charge is 0.497 e. The molecule has 0 saturated carbocycles. The molecular formula is C20H24N2O4S. The first-order valence-electron chi connectivity index (χ1n) is 8.86. The van der Waals surface area contributed by atoms with E-state index in [1.54, 1.807) is 49.6 Å². The van der Waals surface area contributed by atoms with Gasteiger partial charge in [0, 0.05) is 31.7 Å². The van der Waals surface area contributed by atoms with E-state index in [1.807, 2.05) is 17.9 Å². The van der Waals surface area contributed by atoms with Crippen LogP contribution >= 0.6 is 0 Å². The first kappa shape index (κ1) is 19.5. The molecule has 0 bridgehead atoms. The van der Waals surface area contributed by atoms with Gasteiger partial charge in [0.1, 0.15) is 5.75 Å². The van der Waals surface area contributed by atoms with Crippen molar-refractivity contribution in [3.63, 3.8) is 0 Å². The first-order chi connectivity index (χ1) is 12.9. The summed E-state index contributed by atoms with van der Waals surface area (Å²) in [4.78, 5) is 14.8. The second-order valence-corrected chi connectivity index (χ2v) is 8.59. The van der Waals surface area contributed by atoms with E-state index in [-0.39, 0.29) is 12.3 Å². The average Bonchev–Trinajstić information content (AvgIpc) is 2.68. The van der Waals surface area contributed by atoms with Gasteiger partial charge in [0.15, 0.2) is 5.78 Å². The minimum atomic E-state index is -3.49. The van der Waals surface area contributed by atoms with E-state index in [0.717, 1.165) is 5.56 Å². The van der Waals surface area contributed by atoms with Crippen LogP contribution in [0, 0.1) is 6.92 Å². The lowest BCUT2D eigenvalue weighted by atomic mass is 10.1. The first-order valence-corrected chi connectivity index (χ1v) is 10.3. The number of sulfonamides is 1. The van der Waals surface area contributed by atoms with Gasteiger partial charge in [-0.1, -0.05) is 12.1 Å². The van der Waals surface area contributed by atoms with Crippen LogP contribution in [0.2, 0.25) is 0 Å². The molecular weight excluding hydrogens is 364 g/mol. The van der Waals surface area contributed by atoms with Crippen LogP contribution in [0.25, 0.3) is 0 Å². The molecule has 1 saturated heterocycles. The second kappa shape index (κ2) is 8.21. The van der Waals surface area contributed by atoms with Crippen molar-refractivity contribution < 1.29 is 17.9 Å². The zero-order valence-corrected chi connectivity index (χ0v) is 16.4. The molecule has 7 heteroatoms. The molecule has 0 radical (unpaired) electrons. The maximum atomic E-state index is 12.8. The van der Waals surface area contributed by atoms with Gasteiger partial charge in [-0.2, -0.15) is 4.31 Å². The third-order valence-electron chi connectivity index (χ3n) is 4.74. The fourth-order valence-electron chi connectivity index (χ4n) is 3.12. The van der Waals surface area contributed by atoms with Crippen molar-refractivity contribution in [1.82, 2.24) is 9.21 Å². The molecule has 0 spiro atoms. The molecule has 6 nitrogen and oxygen atoms in total. The molecule has 1 aliphatic rings. The number of nitrogens with zero attached hydrogens (tertiary/aromatic N) is 2. The fourth-order valence-corrected chi connectivity index (χ4v) is 4.65. The lowest BCUT2D eigenvalue weighted by Gasteiger charge is -2.33. The van der Waals surface area contributed by atoms with E-state index >= 15 is 0 Å². The molecule has 0 aliphatic carbocycles. The SMILES string of the molecule is COc1ccc(C(=O)CN2CCN(S(=O)(=O)c3cccc(C)c3)CC2)cc1. The number of aryl methyl sites for hydroxylation is 1. The zero-order chi connectivity index (χ0) is 19.4. The number of benzene rings is 2. The van der Waals surface area contributed by atoms with Gasteiger partial charge in [-0.05, 0) is 48.9 Å². The van der Waals surface area contributed by atoms with Crippen LogP contribution in [-0.4, -0.2) is 63.2 Å². The number of piperazine rings is 1. The summed E-state index contributed by atoms with van der Waals surface area (Å²) in [6, 6.07) is 14.0. The monoisotopic (exact) mass is 388 g/mol. The van der Waals surface area contributed by atoms with Gasteiger partial charge in [0.25, 0.3) is 0 Å². The van der Waals surface area contributed by atoms with Crippen LogP contribution in [0.15, 0.2) is 53.4 Å². The maximum Gasteiger partial charge on any atom is 0.243 e. The highest BCUT2D eigenvalue weighted by Crippen LogP contribution is 2.19. The van der Waals surface area contributed by atoms with Gasteiger partial charge in [0.05, 0.1) is 18.6 Å². The number of hydrogen-bond donors (Lipinski definition) is 0. The van der Waals surface area contributed by atoms with E-state index in [1.165, 1.54) is 4.31 Å². The van der Waals surface area contributed by atoms with Crippen LogP contribution in [0.1, 0.15) is 15.9 Å². The third-order valence-corrected chi connectivity index (χ3v) is 6.63. The quantitative estimate of drug-likeness (QED) is 0.710. The summed E-state index contributed by atoms with van der Waals surface area (Å²) in [7, 11) is -1.90. The lowest BCUT2D eigenvalue weighted by Crippen LogP contribution is -2.49. The number of rotatable bonds is 6. The Bertz CT molecular complexity index is 902. The summed E-state index contributed by atoms with van der Waals surface area (Å²) < 4.78 is 32.2. The molecule has 144 valence electrons. The van der Waals surface area contributed by atoms with E-state index in [4.69, 9.17) is 4.74 Å². The normalized spacial score (nSPS) is 16.2. The molecule has 0 unspecified atom stereocenters. The molecule has 0 aromatic heterocycles. The second-order valence-electron chi connectivity index (χ2n) is 6.65. The van der Waals surface area contributed by atoms with Crippen molar-refractivity contribution >= 4 is 15.8 Å². The van der Waals surface area contributed by atoms with Gasteiger partial charge in [-0.15, -0.1) is 0 Å². The fraction of sp³-hybridized carbons (Fsp3) is 0.350. The van der Waals surface area contributed by atoms with Crippen molar-refractivity contribution in [3.05, 3.63) is 59.7 Å². The Morgan fingerprint density at radius 1 is 1.04 bits per heavy atom. The van der Waals surface area contributed by atoms with Crippen LogP contribution < -0.4 is 4.74 Å². The topological polar surface area (TPSA) is 66.9 Å². The number of carbonyl (C=O) groups is 1. The van der Waals surface area contributed by atoms with Crippen molar-refractivity contribution in [2.24, 2.45) is 0 Å². The Balaban J connectivity index is 1.59. The number of hydrogen-bond acceptors (Lipinski definition) is 5. The van der Waals surface area contributed by atoms with E-state index in [2.05, 4.69) is 0 Å². The zero-order valence-electron chi connectivity index (χ0n) is 15.6. The summed E-state index contributed by atoms with van der Waals surface area (Å²) in [6.45, 7) is 3.99. The van der Waals surface area contributed by atoms with Gasteiger partial charge in [0.2, 0.25) is 10.0 Å². The predicted molar refractivity (Wildman–Crippen MR) is 104 cm³/mol. The van der Waals surface area contributed by atoms with Crippen LogP contribution in [0.3, 0.4) is 0 Å². The summed E-state index contributed by atoms with van der Waals surface area (Å²) in [5.74, 6) is 0.731. The summed E-state index contributed by atoms with van der Waals surface area (Å²) in [5.41, 5.74) is 1.55. The Hall–Kier alpha value is -2.22. The van der Waals surface area contributed by atoms with Crippen LogP contribution in [0.5, 0.6) is 5.75 Å². The highest BCUT2D eigenvalue weighted by atomic mass is 32.2. The minimum Gasteiger partial charge on any atom is -0.497 e. The predicted octanol–water partition coefficient (Wildman–Crippen LogP) is 2.19. The molecule has 0 N–H and O–H groups in total. The van der Waals surface area contributed by atoms with Crippen molar-refractivity contribution in [3.8, 4) is 5.75 Å². The van der Waals surface area contributed by atoms with E-state index in [9.17, 15) is 13.2 Å². The van der Waals surface area contributed by atoms with Crippen molar-refractivity contribution in [2.75, 3.05) is 39.8 Å². The molecule has 1 heterocycles. The van der Waals surface area contributed by atoms with E-state index in [0.29, 0.717) is 42.4 Å². The molecule has 1 fully saturated rings. The van der Waals surface area contributed by atoms with E-state index < -0.39 is 10.0 Å². The Kier molecular flexibility index (Phi) is 5.94. The summed E-state index contributed by atoms with van der Waals surface area (Å²) in [6.07, 6.45) is 0. The minimum absolute atomic E-state index is 0.0210. The standard InChI is InChI=1S/C20H24N2O4S/c1-16-4-3-5-19(14-16)27(24,25)22-12-10-21(11-13-22)15-20(23)17-6-8-18(26-2)9-7-17/h3-9,14H,10-13,15H2,1-2H3. The van der Waals surface area contributed by atoms with Gasteiger partial charge < -0.3 is 4.74 Å². The maximum absolute atomic E-state index is 12.8. The molecule has 2 aromatic carbocycles. The van der Waals surface area contributed by atoms with Gasteiger partial charge >= 0.3 is 0 Å². The number of ether oxygens (including phenoxy) is 1. The Morgan fingerprint density at radius 2 is 1.70 bits per heavy atom. The number of ketones is 1. The average molecular weight is 388 g/mol. The summed E-state index contributed by atoms with van der Waals surface area (Å²) in [5, 5.41) is 0. The number of methoxy groups -OCH3 is 1. The number of carbonyl (C=O) groups excluding carboxylic acids is 1. The highest BCUT2D eigenvalue weighted by molar-refractivity contribution is 7.89. The van der Waals surface area contributed by atoms with Gasteiger partial charge in [-0.3, -0.25) is 9.69 Å². The molecule has 3 rings (SSSR count). The van der Waals surface area contributed by atoms with Crippen LogP contribution in [-0.2, 0) is 10.0 Å². The molecule has 27 heavy (non-hydrogen) atoms.